The van der Waals surface area contributed by atoms with E-state index in [2.05, 4.69) is 27.0 Å². The molecule has 2 aromatic heterocycles. The Labute approximate surface area is 209 Å². The number of imidazole rings is 1. The molecule has 0 N–H and O–H groups in total. The molecule has 2 aliphatic rings. The number of aromatic nitrogens is 4. The summed E-state index contributed by atoms with van der Waals surface area (Å²) in [6.45, 7) is 2.85. The smallest absolute Gasteiger partial charge is 0.379 e. The van der Waals surface area contributed by atoms with Crippen LogP contribution in [0.5, 0.6) is 0 Å². The average molecular weight is 485 g/mol. The van der Waals surface area contributed by atoms with Crippen molar-refractivity contribution in [1.82, 2.24) is 24.2 Å². The summed E-state index contributed by atoms with van der Waals surface area (Å²) in [6.07, 6.45) is 8.94. The second kappa shape index (κ2) is 9.44. The van der Waals surface area contributed by atoms with Crippen molar-refractivity contribution >= 4 is 11.8 Å². The van der Waals surface area contributed by atoms with Gasteiger partial charge in [0.2, 0.25) is 0 Å². The number of aryl methyl sites for hydroxylation is 2. The van der Waals surface area contributed by atoms with E-state index in [4.69, 9.17) is 15.0 Å². The summed E-state index contributed by atoms with van der Waals surface area (Å²) in [6, 6.07) is 9.57. The maximum absolute atomic E-state index is 14.6. The van der Waals surface area contributed by atoms with Crippen molar-refractivity contribution < 1.29 is 9.13 Å². The quantitative estimate of drug-likeness (QED) is 0.541. The molecule has 0 radical (unpaired) electrons. The number of fused-ring (bicyclic) bond motifs is 1. The van der Waals surface area contributed by atoms with Crippen LogP contribution in [0.2, 0.25) is 0 Å². The Morgan fingerprint density at radius 1 is 1.28 bits per heavy atom. The first-order chi connectivity index (χ1) is 17.4. The summed E-state index contributed by atoms with van der Waals surface area (Å²) in [5.74, 6) is 0.0538. The lowest BCUT2D eigenvalue weighted by Crippen LogP contribution is -2.11. The van der Waals surface area contributed by atoms with Crippen molar-refractivity contribution in [2.45, 2.75) is 26.0 Å². The van der Waals surface area contributed by atoms with E-state index in [1.54, 1.807) is 13.2 Å². The van der Waals surface area contributed by atoms with E-state index in [1.165, 1.54) is 12.1 Å². The Morgan fingerprint density at radius 3 is 2.81 bits per heavy atom. The van der Waals surface area contributed by atoms with Gasteiger partial charge in [-0.05, 0) is 61.2 Å². The normalized spacial score (nSPS) is 17.3. The molecular formula is C27H27FN7O+. The van der Waals surface area contributed by atoms with E-state index in [0.717, 1.165) is 42.0 Å². The van der Waals surface area contributed by atoms with Crippen molar-refractivity contribution in [3.05, 3.63) is 75.5 Å². The molecule has 8 nitrogen and oxygen atoms in total. The van der Waals surface area contributed by atoms with Gasteiger partial charge in [0.1, 0.15) is 23.6 Å². The van der Waals surface area contributed by atoms with Crippen LogP contribution in [0.25, 0.3) is 28.0 Å². The van der Waals surface area contributed by atoms with E-state index in [0.29, 0.717) is 17.1 Å². The third-order valence-electron chi connectivity index (χ3n) is 6.66. The summed E-state index contributed by atoms with van der Waals surface area (Å²) >= 11 is 0. The van der Waals surface area contributed by atoms with Gasteiger partial charge >= 0.3 is 6.23 Å². The number of nitriles is 1. The molecule has 9 heteroatoms. The maximum Gasteiger partial charge on any atom is 0.420 e. The first-order valence-corrected chi connectivity index (χ1v) is 11.8. The minimum absolute atomic E-state index is 0.00635. The van der Waals surface area contributed by atoms with Gasteiger partial charge in [-0.3, -0.25) is 4.68 Å². The monoisotopic (exact) mass is 484 g/mol. The minimum atomic E-state index is -0.660. The Balaban J connectivity index is 1.60. The van der Waals surface area contributed by atoms with Crippen molar-refractivity contribution in [2.24, 2.45) is 13.0 Å². The molecule has 0 bridgehead atoms. The molecule has 0 saturated carbocycles. The number of nitrogens with zero attached hydrogens (tertiary/aromatic N) is 7. The van der Waals surface area contributed by atoms with Crippen molar-refractivity contribution in [1.29, 1.82) is 5.26 Å². The Morgan fingerprint density at radius 2 is 2.11 bits per heavy atom. The molecule has 182 valence electrons. The number of allylic oxidation sites excluding steroid dienone is 1. The predicted octanol–water partition coefficient (Wildman–Crippen LogP) is 4.60. The number of ether oxygens (including phenoxy) is 1. The van der Waals surface area contributed by atoms with Crippen LogP contribution >= 0.6 is 0 Å². The highest BCUT2D eigenvalue weighted by Gasteiger charge is 2.29. The number of hydrogen-bond donors (Lipinski definition) is 0. The number of hydrogen-bond acceptors (Lipinski definition) is 5. The molecule has 0 amide bonds. The van der Waals surface area contributed by atoms with Gasteiger partial charge in [-0.1, -0.05) is 0 Å². The largest absolute Gasteiger partial charge is 0.420 e. The first kappa shape index (κ1) is 23.5. The topological polar surface area (TPSA) is 76.3 Å². The molecule has 5 rings (SSSR count). The van der Waals surface area contributed by atoms with Gasteiger partial charge in [-0.25, -0.2) is 9.37 Å². The van der Waals surface area contributed by atoms with Gasteiger partial charge in [-0.15, -0.1) is 0 Å². The zero-order valence-electron chi connectivity index (χ0n) is 20.7. The van der Waals surface area contributed by atoms with Gasteiger partial charge in [-0.2, -0.15) is 10.4 Å². The fourth-order valence-corrected chi connectivity index (χ4v) is 4.60. The van der Waals surface area contributed by atoms with Crippen molar-refractivity contribution in [2.75, 3.05) is 20.7 Å². The highest BCUT2D eigenvalue weighted by molar-refractivity contribution is 5.78. The number of methoxy groups -OCH3 is 1. The lowest BCUT2D eigenvalue weighted by atomic mass is 10.00. The van der Waals surface area contributed by atoms with Crippen LogP contribution in [-0.2, 0) is 18.2 Å². The molecule has 1 aliphatic heterocycles. The fraction of sp³-hybridized carbons (Fsp3) is 0.333. The SMILES string of the molecule is COC([N+]#CC1C=CN(C)C1)c1cn(C2=Cc3c(nn(C)c3C)CC2)c(-c2ccc(C#N)c(F)c2)n1. The molecule has 36 heavy (non-hydrogen) atoms. The number of halogens is 1. The van der Waals surface area contributed by atoms with E-state index in [1.807, 2.05) is 54.8 Å². The van der Waals surface area contributed by atoms with Crippen LogP contribution < -0.4 is 0 Å². The summed E-state index contributed by atoms with van der Waals surface area (Å²) in [5.41, 5.74) is 5.40. The molecule has 2 unspecified atom stereocenters. The Hall–Kier alpha value is -4.21. The lowest BCUT2D eigenvalue weighted by molar-refractivity contribution is 0.137. The van der Waals surface area contributed by atoms with Crippen LogP contribution in [0.4, 0.5) is 4.39 Å². The second-order valence-corrected chi connectivity index (χ2v) is 9.10. The molecule has 0 saturated heterocycles. The van der Waals surface area contributed by atoms with Crippen molar-refractivity contribution in [3.63, 3.8) is 0 Å². The molecule has 3 heterocycles. The lowest BCUT2D eigenvalue weighted by Gasteiger charge is -2.16. The Bertz CT molecular complexity index is 1490. The summed E-state index contributed by atoms with van der Waals surface area (Å²) < 4.78 is 24.1. The zero-order valence-corrected chi connectivity index (χ0v) is 20.7. The van der Waals surface area contributed by atoms with Gasteiger partial charge in [0, 0.05) is 56.5 Å². The van der Waals surface area contributed by atoms with Crippen LogP contribution in [0.3, 0.4) is 0 Å². The van der Waals surface area contributed by atoms with Gasteiger partial charge in [0.25, 0.3) is 6.07 Å². The molecule has 1 aromatic carbocycles. The molecule has 1 aliphatic carbocycles. The van der Waals surface area contributed by atoms with E-state index in [9.17, 15) is 4.39 Å². The first-order valence-electron chi connectivity index (χ1n) is 11.8. The standard InChI is InChI=1S/C27H27FN7O/c1-17-22-12-21(7-8-24(22)32-34(17)3)35-16-25(27(36-4)30-14-18-9-10-33(2)15-18)31-26(35)19-5-6-20(13-29)23(28)11-19/h5-6,9-12,16,18,27H,7-8,15H2,1-4H3/q+1. The molecule has 2 atom stereocenters. The van der Waals surface area contributed by atoms with Crippen LogP contribution in [0.15, 0.2) is 36.7 Å². The zero-order chi connectivity index (χ0) is 25.4. The highest BCUT2D eigenvalue weighted by atomic mass is 19.1. The minimum Gasteiger partial charge on any atom is -0.379 e. The molecule has 3 aromatic rings. The molecular weight excluding hydrogens is 457 g/mol. The average Bonchev–Trinajstić information content (AvgIpc) is 3.57. The number of benzene rings is 1. The van der Waals surface area contributed by atoms with Crippen LogP contribution in [0.1, 0.15) is 40.9 Å². The molecule has 0 spiro atoms. The van der Waals surface area contributed by atoms with E-state index in [-0.39, 0.29) is 11.5 Å². The van der Waals surface area contributed by atoms with Crippen LogP contribution in [0, 0.1) is 36.1 Å². The van der Waals surface area contributed by atoms with Gasteiger partial charge in [0.05, 0.1) is 11.3 Å². The predicted molar refractivity (Wildman–Crippen MR) is 135 cm³/mol. The van der Waals surface area contributed by atoms with Crippen LogP contribution in [-0.4, -0.2) is 44.9 Å². The fourth-order valence-electron chi connectivity index (χ4n) is 4.60. The molecule has 0 fully saturated rings. The highest BCUT2D eigenvalue weighted by Crippen LogP contribution is 2.34. The summed E-state index contributed by atoms with van der Waals surface area (Å²) in [4.78, 5) is 11.5. The summed E-state index contributed by atoms with van der Waals surface area (Å²) in [7, 11) is 5.53. The summed E-state index contributed by atoms with van der Waals surface area (Å²) in [5, 5.41) is 13.8. The van der Waals surface area contributed by atoms with Gasteiger partial charge < -0.3 is 14.2 Å². The van der Waals surface area contributed by atoms with Crippen molar-refractivity contribution in [3.8, 4) is 23.5 Å². The third kappa shape index (κ3) is 4.30. The third-order valence-corrected chi connectivity index (χ3v) is 6.66. The van der Waals surface area contributed by atoms with E-state index < -0.39 is 12.0 Å². The second-order valence-electron chi connectivity index (χ2n) is 9.10. The van der Waals surface area contributed by atoms with Gasteiger partial charge in [0.15, 0.2) is 5.69 Å². The number of rotatable bonds is 4. The maximum atomic E-state index is 14.6. The Kier molecular flexibility index (Phi) is 6.17. The van der Waals surface area contributed by atoms with E-state index >= 15 is 0 Å².